The van der Waals surface area contributed by atoms with Crippen LogP contribution in [-0.4, -0.2) is 18.5 Å². The van der Waals surface area contributed by atoms with Crippen LogP contribution in [0.25, 0.3) is 0 Å². The minimum Gasteiger partial charge on any atom is -0.457 e. The number of halogens is 2. The first-order valence-electron chi connectivity index (χ1n) is 8.80. The van der Waals surface area contributed by atoms with Gasteiger partial charge in [-0.1, -0.05) is 48.0 Å². The number of hydrogen-bond donors (Lipinski definition) is 1. The number of fused-ring (bicyclic) bond motifs is 2. The van der Waals surface area contributed by atoms with Gasteiger partial charge < -0.3 is 14.8 Å². The van der Waals surface area contributed by atoms with E-state index in [0.29, 0.717) is 22.6 Å². The van der Waals surface area contributed by atoms with E-state index in [1.807, 2.05) is 12.1 Å². The fourth-order valence-corrected chi connectivity index (χ4v) is 3.34. The van der Waals surface area contributed by atoms with Gasteiger partial charge in [-0.25, -0.2) is 4.39 Å². The minimum atomic E-state index is -0.730. The molecule has 146 valence electrons. The molecule has 0 aliphatic carbocycles. The predicted molar refractivity (Wildman–Crippen MR) is 106 cm³/mol. The van der Waals surface area contributed by atoms with Crippen molar-refractivity contribution < 1.29 is 23.5 Å². The number of hydrogen-bond acceptors (Lipinski definition) is 4. The lowest BCUT2D eigenvalue weighted by Crippen LogP contribution is -2.26. The molecule has 0 fully saturated rings. The van der Waals surface area contributed by atoms with Crippen molar-refractivity contribution in [2.24, 2.45) is 0 Å². The third-order valence-corrected chi connectivity index (χ3v) is 4.70. The maximum absolute atomic E-state index is 13.8. The summed E-state index contributed by atoms with van der Waals surface area (Å²) in [5, 5.41) is 2.62. The van der Waals surface area contributed by atoms with E-state index in [0.717, 1.165) is 6.07 Å². The van der Waals surface area contributed by atoms with E-state index in [1.54, 1.807) is 36.4 Å². The number of benzene rings is 3. The van der Waals surface area contributed by atoms with Gasteiger partial charge in [-0.15, -0.1) is 0 Å². The Hall–Kier alpha value is -3.38. The van der Waals surface area contributed by atoms with Crippen molar-refractivity contribution >= 4 is 29.2 Å². The second kappa shape index (κ2) is 7.93. The van der Waals surface area contributed by atoms with Gasteiger partial charge in [0.25, 0.3) is 5.91 Å². The van der Waals surface area contributed by atoms with E-state index in [1.165, 1.54) is 12.1 Å². The zero-order valence-corrected chi connectivity index (χ0v) is 15.8. The Morgan fingerprint density at radius 3 is 2.28 bits per heavy atom. The second-order valence-electron chi connectivity index (χ2n) is 6.39. The van der Waals surface area contributed by atoms with E-state index in [4.69, 9.17) is 21.1 Å². The molecular weight excluding hydrogens is 397 g/mol. The maximum atomic E-state index is 13.8. The van der Waals surface area contributed by atoms with Crippen molar-refractivity contribution in [3.05, 3.63) is 88.7 Å². The molecule has 0 saturated carbocycles. The highest BCUT2D eigenvalue weighted by atomic mass is 35.5. The number of para-hydroxylation sites is 2. The van der Waals surface area contributed by atoms with Gasteiger partial charge >= 0.3 is 5.97 Å². The third-order valence-electron chi connectivity index (χ3n) is 4.46. The number of carbonyl (C=O) groups is 2. The molecular formula is C22H15ClFNO4. The number of anilines is 1. The minimum absolute atomic E-state index is 0.0830. The number of nitrogens with one attached hydrogen (secondary N) is 1. The van der Waals surface area contributed by atoms with E-state index in [-0.39, 0.29) is 10.7 Å². The average molecular weight is 412 g/mol. The van der Waals surface area contributed by atoms with E-state index < -0.39 is 30.2 Å². The van der Waals surface area contributed by atoms with Crippen LogP contribution < -0.4 is 10.1 Å². The number of amides is 1. The van der Waals surface area contributed by atoms with Gasteiger partial charge in [-0.3, -0.25) is 9.59 Å². The van der Waals surface area contributed by atoms with Gasteiger partial charge in [0.15, 0.2) is 6.61 Å². The Kier molecular flexibility index (Phi) is 5.18. The maximum Gasteiger partial charge on any atom is 0.318 e. The van der Waals surface area contributed by atoms with Crippen LogP contribution in [0.5, 0.6) is 11.5 Å². The Balaban J connectivity index is 1.50. The van der Waals surface area contributed by atoms with E-state index in [9.17, 15) is 14.0 Å². The van der Waals surface area contributed by atoms with Crippen molar-refractivity contribution in [3.8, 4) is 11.5 Å². The van der Waals surface area contributed by atoms with Crippen LogP contribution in [0.15, 0.2) is 66.7 Å². The highest BCUT2D eigenvalue weighted by Crippen LogP contribution is 2.44. The molecule has 5 nitrogen and oxygen atoms in total. The quantitative estimate of drug-likeness (QED) is 0.620. The largest absolute Gasteiger partial charge is 0.457 e. The third kappa shape index (κ3) is 3.93. The summed E-state index contributed by atoms with van der Waals surface area (Å²) in [5.41, 5.74) is 1.22. The summed E-state index contributed by atoms with van der Waals surface area (Å²) in [6.07, 6.45) is 0. The van der Waals surface area contributed by atoms with Gasteiger partial charge in [0.2, 0.25) is 0 Å². The summed E-state index contributed by atoms with van der Waals surface area (Å²) >= 11 is 5.81. The fourth-order valence-electron chi connectivity index (χ4n) is 3.16. The summed E-state index contributed by atoms with van der Waals surface area (Å²) in [6, 6.07) is 18.1. The van der Waals surface area contributed by atoms with Crippen LogP contribution in [0.3, 0.4) is 0 Å². The number of ether oxygens (including phenoxy) is 2. The SMILES string of the molecule is O=C(COC(=O)C1c2ccccc2Oc2ccccc21)Nc1cc(Cl)ccc1F. The Morgan fingerprint density at radius 1 is 1.00 bits per heavy atom. The molecule has 1 heterocycles. The second-order valence-corrected chi connectivity index (χ2v) is 6.83. The first-order chi connectivity index (χ1) is 14.0. The lowest BCUT2D eigenvalue weighted by atomic mass is 9.88. The van der Waals surface area contributed by atoms with Gasteiger partial charge in [-0.05, 0) is 30.3 Å². The van der Waals surface area contributed by atoms with Crippen LogP contribution in [0.2, 0.25) is 5.02 Å². The summed E-state index contributed by atoms with van der Waals surface area (Å²) in [7, 11) is 0. The zero-order chi connectivity index (χ0) is 20.4. The van der Waals surface area contributed by atoms with Crippen LogP contribution in [0.4, 0.5) is 10.1 Å². The van der Waals surface area contributed by atoms with Crippen LogP contribution in [-0.2, 0) is 14.3 Å². The summed E-state index contributed by atoms with van der Waals surface area (Å²) in [4.78, 5) is 25.0. The molecule has 1 amide bonds. The van der Waals surface area contributed by atoms with Crippen molar-refractivity contribution in [2.45, 2.75) is 5.92 Å². The van der Waals surface area contributed by atoms with Gasteiger partial charge in [-0.2, -0.15) is 0 Å². The molecule has 3 aromatic carbocycles. The number of carbonyl (C=O) groups excluding carboxylic acids is 2. The number of esters is 1. The van der Waals surface area contributed by atoms with Crippen molar-refractivity contribution in [3.63, 3.8) is 0 Å². The first kappa shape index (κ1) is 19.0. The van der Waals surface area contributed by atoms with Gasteiger partial charge in [0, 0.05) is 16.1 Å². The Labute approximate surface area is 171 Å². The van der Waals surface area contributed by atoms with Crippen molar-refractivity contribution in [2.75, 3.05) is 11.9 Å². The van der Waals surface area contributed by atoms with E-state index in [2.05, 4.69) is 5.32 Å². The first-order valence-corrected chi connectivity index (χ1v) is 9.18. The average Bonchev–Trinajstić information content (AvgIpc) is 2.73. The molecule has 4 rings (SSSR count). The molecule has 0 unspecified atom stereocenters. The molecule has 0 radical (unpaired) electrons. The lowest BCUT2D eigenvalue weighted by molar-refractivity contribution is -0.148. The summed E-state index contributed by atoms with van der Waals surface area (Å²) in [6.45, 7) is -0.563. The van der Waals surface area contributed by atoms with E-state index >= 15 is 0 Å². The van der Waals surface area contributed by atoms with Crippen molar-refractivity contribution in [1.82, 2.24) is 0 Å². The fraction of sp³-hybridized carbons (Fsp3) is 0.0909. The molecule has 1 aliphatic heterocycles. The van der Waals surface area contributed by atoms with Crippen LogP contribution in [0, 0.1) is 5.82 Å². The van der Waals surface area contributed by atoms with Crippen molar-refractivity contribution in [1.29, 1.82) is 0 Å². The number of rotatable bonds is 4. The Bertz CT molecular complexity index is 1060. The molecule has 3 aromatic rings. The molecule has 0 bridgehead atoms. The summed E-state index contributed by atoms with van der Waals surface area (Å²) < 4.78 is 24.8. The topological polar surface area (TPSA) is 64.6 Å². The molecule has 0 atom stereocenters. The standard InChI is InChI=1S/C22H15ClFNO4/c23-13-9-10-16(24)17(11-13)25-20(26)12-28-22(27)21-14-5-1-3-7-18(14)29-19-8-4-2-6-15(19)21/h1-11,21H,12H2,(H,25,26). The summed E-state index contributed by atoms with van der Waals surface area (Å²) in [5.74, 6) is -1.53. The van der Waals surface area contributed by atoms with Gasteiger partial charge in [0.1, 0.15) is 23.2 Å². The molecule has 7 heteroatoms. The predicted octanol–water partition coefficient (Wildman–Crippen LogP) is 4.90. The normalized spacial score (nSPS) is 12.3. The van der Waals surface area contributed by atoms with Gasteiger partial charge in [0.05, 0.1) is 5.69 Å². The van der Waals surface area contributed by atoms with Crippen LogP contribution in [0.1, 0.15) is 17.0 Å². The molecule has 0 aromatic heterocycles. The highest BCUT2D eigenvalue weighted by Gasteiger charge is 2.33. The zero-order valence-electron chi connectivity index (χ0n) is 15.0. The monoisotopic (exact) mass is 411 g/mol. The lowest BCUT2D eigenvalue weighted by Gasteiger charge is -2.26. The highest BCUT2D eigenvalue weighted by molar-refractivity contribution is 6.30. The molecule has 0 spiro atoms. The van der Waals surface area contributed by atoms with Crippen LogP contribution >= 0.6 is 11.6 Å². The molecule has 1 N–H and O–H groups in total. The molecule has 0 saturated heterocycles. The smallest absolute Gasteiger partial charge is 0.318 e. The molecule has 1 aliphatic rings. The molecule has 29 heavy (non-hydrogen) atoms. The Morgan fingerprint density at radius 2 is 1.62 bits per heavy atom.